The van der Waals surface area contributed by atoms with Crippen LogP contribution >= 0.6 is 0 Å². The molecule has 0 N–H and O–H groups in total. The normalized spacial score (nSPS) is 17.6. The fourth-order valence-corrected chi connectivity index (χ4v) is 3.77. The van der Waals surface area contributed by atoms with Gasteiger partial charge in [-0.25, -0.2) is 4.98 Å². The molecular weight excluding hydrogens is 354 g/mol. The molecule has 0 saturated carbocycles. The zero-order valence-electron chi connectivity index (χ0n) is 15.9. The summed E-state index contributed by atoms with van der Waals surface area (Å²) in [6.07, 6.45) is 2.56. The molecule has 0 radical (unpaired) electrons. The number of anilines is 2. The second kappa shape index (κ2) is 8.29. The Hall–Kier alpha value is -3.09. The van der Waals surface area contributed by atoms with Gasteiger partial charge < -0.3 is 19.6 Å². The fraction of sp³-hybridized carbons (Fsp3) is 0.381. The summed E-state index contributed by atoms with van der Waals surface area (Å²) in [6, 6.07) is 14.1. The summed E-state index contributed by atoms with van der Waals surface area (Å²) < 4.78 is 0. The third kappa shape index (κ3) is 3.93. The van der Waals surface area contributed by atoms with Crippen LogP contribution in [-0.2, 0) is 4.79 Å². The number of aromatic nitrogens is 1. The summed E-state index contributed by atoms with van der Waals surface area (Å²) in [5, 5.41) is 0. The standard InChI is InChI=1S/C21H25N5O2/c27-17-23-8-10-26(11-9-23)21(28)18-6-7-22-20(16-18)25-14-12-24(13-15-25)19-4-2-1-3-5-19/h1-7,16-17H,8-15H2. The van der Waals surface area contributed by atoms with Crippen LogP contribution in [0.15, 0.2) is 48.7 Å². The van der Waals surface area contributed by atoms with Crippen LogP contribution in [0.1, 0.15) is 10.4 Å². The number of rotatable bonds is 4. The van der Waals surface area contributed by atoms with Crippen LogP contribution in [0.2, 0.25) is 0 Å². The van der Waals surface area contributed by atoms with E-state index >= 15 is 0 Å². The Balaban J connectivity index is 1.39. The van der Waals surface area contributed by atoms with Gasteiger partial charge in [0.15, 0.2) is 0 Å². The third-order valence-electron chi connectivity index (χ3n) is 5.47. The molecule has 7 heteroatoms. The maximum atomic E-state index is 12.8. The Morgan fingerprint density at radius 2 is 1.54 bits per heavy atom. The Labute approximate surface area is 165 Å². The number of amides is 2. The molecule has 0 atom stereocenters. The molecule has 2 aromatic rings. The molecular formula is C21H25N5O2. The summed E-state index contributed by atoms with van der Waals surface area (Å²) in [5.74, 6) is 0.863. The van der Waals surface area contributed by atoms with E-state index in [2.05, 4.69) is 39.0 Å². The average Bonchev–Trinajstić information content (AvgIpc) is 2.79. The average molecular weight is 379 g/mol. The number of piperazine rings is 2. The third-order valence-corrected chi connectivity index (χ3v) is 5.47. The molecule has 0 unspecified atom stereocenters. The minimum absolute atomic E-state index is 0.0112. The van der Waals surface area contributed by atoms with Crippen LogP contribution in [0.3, 0.4) is 0 Å². The molecule has 146 valence electrons. The van der Waals surface area contributed by atoms with E-state index in [0.717, 1.165) is 38.4 Å². The van der Waals surface area contributed by atoms with Gasteiger partial charge in [0.25, 0.3) is 5.91 Å². The zero-order valence-corrected chi connectivity index (χ0v) is 15.9. The lowest BCUT2D eigenvalue weighted by Gasteiger charge is -2.37. The first kappa shape index (κ1) is 18.3. The number of carbonyl (C=O) groups is 2. The van der Waals surface area contributed by atoms with Crippen LogP contribution in [0.5, 0.6) is 0 Å². The quantitative estimate of drug-likeness (QED) is 0.750. The predicted octanol–water partition coefficient (Wildman–Crippen LogP) is 1.32. The van der Waals surface area contributed by atoms with Gasteiger partial charge in [0.05, 0.1) is 0 Å². The Kier molecular flexibility index (Phi) is 5.41. The molecule has 1 aromatic carbocycles. The summed E-state index contributed by atoms with van der Waals surface area (Å²) in [5.41, 5.74) is 1.91. The molecule has 0 bridgehead atoms. The highest BCUT2D eigenvalue weighted by atomic mass is 16.2. The van der Waals surface area contributed by atoms with Crippen molar-refractivity contribution >= 4 is 23.8 Å². The van der Waals surface area contributed by atoms with Gasteiger partial charge in [-0.15, -0.1) is 0 Å². The van der Waals surface area contributed by atoms with Gasteiger partial charge >= 0.3 is 0 Å². The van der Waals surface area contributed by atoms with Gasteiger partial charge in [-0.2, -0.15) is 0 Å². The topological polar surface area (TPSA) is 60.0 Å². The van der Waals surface area contributed by atoms with E-state index in [1.165, 1.54) is 5.69 Å². The molecule has 2 fully saturated rings. The molecule has 3 heterocycles. The second-order valence-electron chi connectivity index (χ2n) is 7.15. The Morgan fingerprint density at radius 3 is 2.21 bits per heavy atom. The minimum atomic E-state index is 0.0112. The molecule has 28 heavy (non-hydrogen) atoms. The molecule has 7 nitrogen and oxygen atoms in total. The lowest BCUT2D eigenvalue weighted by Crippen LogP contribution is -2.48. The lowest BCUT2D eigenvalue weighted by atomic mass is 10.2. The lowest BCUT2D eigenvalue weighted by molar-refractivity contribution is -0.119. The van der Waals surface area contributed by atoms with Gasteiger partial charge in [0.1, 0.15) is 5.82 Å². The molecule has 0 spiro atoms. The van der Waals surface area contributed by atoms with Crippen molar-refractivity contribution in [1.29, 1.82) is 0 Å². The first-order chi connectivity index (χ1) is 13.7. The summed E-state index contributed by atoms with van der Waals surface area (Å²) in [6.45, 7) is 5.93. The number of benzene rings is 1. The Bertz CT molecular complexity index is 813. The molecule has 0 aliphatic carbocycles. The second-order valence-corrected chi connectivity index (χ2v) is 7.15. The monoisotopic (exact) mass is 379 g/mol. The molecule has 4 rings (SSSR count). The number of para-hydroxylation sites is 1. The van der Waals surface area contributed by atoms with E-state index in [9.17, 15) is 9.59 Å². The smallest absolute Gasteiger partial charge is 0.254 e. The van der Waals surface area contributed by atoms with E-state index in [1.54, 1.807) is 17.2 Å². The number of hydrogen-bond donors (Lipinski definition) is 0. The van der Waals surface area contributed by atoms with E-state index < -0.39 is 0 Å². The highest BCUT2D eigenvalue weighted by Gasteiger charge is 2.23. The number of nitrogens with zero attached hydrogens (tertiary/aromatic N) is 5. The number of pyridine rings is 1. The summed E-state index contributed by atoms with van der Waals surface area (Å²) in [4.78, 5) is 36.3. The first-order valence-electron chi connectivity index (χ1n) is 9.74. The SMILES string of the molecule is O=CN1CCN(C(=O)c2ccnc(N3CCN(c4ccccc4)CC3)c2)CC1. The fourth-order valence-electron chi connectivity index (χ4n) is 3.77. The predicted molar refractivity (Wildman–Crippen MR) is 109 cm³/mol. The highest BCUT2D eigenvalue weighted by Crippen LogP contribution is 2.20. The summed E-state index contributed by atoms with van der Waals surface area (Å²) >= 11 is 0. The van der Waals surface area contributed by atoms with Gasteiger partial charge in [-0.1, -0.05) is 18.2 Å². The van der Waals surface area contributed by atoms with Crippen LogP contribution in [0.25, 0.3) is 0 Å². The molecule has 2 aliphatic heterocycles. The molecule has 2 saturated heterocycles. The van der Waals surface area contributed by atoms with Crippen LogP contribution in [-0.4, -0.2) is 79.5 Å². The number of carbonyl (C=O) groups excluding carboxylic acids is 2. The van der Waals surface area contributed by atoms with Crippen molar-refractivity contribution in [3.8, 4) is 0 Å². The Morgan fingerprint density at radius 1 is 0.857 bits per heavy atom. The van der Waals surface area contributed by atoms with Crippen molar-refractivity contribution in [2.45, 2.75) is 0 Å². The van der Waals surface area contributed by atoms with Crippen molar-refractivity contribution in [3.05, 3.63) is 54.2 Å². The van der Waals surface area contributed by atoms with Crippen LogP contribution in [0, 0.1) is 0 Å². The van der Waals surface area contributed by atoms with E-state index in [0.29, 0.717) is 31.7 Å². The van der Waals surface area contributed by atoms with Gasteiger partial charge in [0.2, 0.25) is 6.41 Å². The van der Waals surface area contributed by atoms with Crippen molar-refractivity contribution in [1.82, 2.24) is 14.8 Å². The zero-order chi connectivity index (χ0) is 19.3. The van der Waals surface area contributed by atoms with Crippen molar-refractivity contribution < 1.29 is 9.59 Å². The minimum Gasteiger partial charge on any atom is -0.368 e. The van der Waals surface area contributed by atoms with Crippen molar-refractivity contribution in [3.63, 3.8) is 0 Å². The molecule has 2 aliphatic rings. The van der Waals surface area contributed by atoms with Crippen LogP contribution in [0.4, 0.5) is 11.5 Å². The van der Waals surface area contributed by atoms with E-state index in [-0.39, 0.29) is 5.91 Å². The molecule has 1 aromatic heterocycles. The molecule has 2 amide bonds. The maximum Gasteiger partial charge on any atom is 0.254 e. The van der Waals surface area contributed by atoms with Gasteiger partial charge in [-0.05, 0) is 24.3 Å². The van der Waals surface area contributed by atoms with Crippen molar-refractivity contribution in [2.75, 3.05) is 62.2 Å². The van der Waals surface area contributed by atoms with Gasteiger partial charge in [0, 0.05) is 69.8 Å². The van der Waals surface area contributed by atoms with E-state index in [4.69, 9.17) is 0 Å². The maximum absolute atomic E-state index is 12.8. The van der Waals surface area contributed by atoms with E-state index in [1.807, 2.05) is 17.0 Å². The van der Waals surface area contributed by atoms with Crippen LogP contribution < -0.4 is 9.80 Å². The first-order valence-corrected chi connectivity index (χ1v) is 9.74. The summed E-state index contributed by atoms with van der Waals surface area (Å²) in [7, 11) is 0. The van der Waals surface area contributed by atoms with Gasteiger partial charge in [-0.3, -0.25) is 9.59 Å². The number of hydrogen-bond acceptors (Lipinski definition) is 5. The highest BCUT2D eigenvalue weighted by molar-refractivity contribution is 5.95. The van der Waals surface area contributed by atoms with Crippen molar-refractivity contribution in [2.24, 2.45) is 0 Å². The largest absolute Gasteiger partial charge is 0.368 e.